The molecular weight excluding hydrogens is 366 g/mol. The first-order valence-corrected chi connectivity index (χ1v) is 9.36. The summed E-state index contributed by atoms with van der Waals surface area (Å²) in [7, 11) is 0. The average Bonchev–Trinajstić information content (AvgIpc) is 3.35. The minimum absolute atomic E-state index is 0.0286. The summed E-state index contributed by atoms with van der Waals surface area (Å²) in [5.74, 6) is 1.56. The van der Waals surface area contributed by atoms with Crippen molar-refractivity contribution in [1.82, 2.24) is 14.9 Å². The molecule has 0 saturated carbocycles. The number of pyridine rings is 2. The zero-order valence-electron chi connectivity index (χ0n) is 14.8. The first-order valence-electron chi connectivity index (χ1n) is 8.98. The van der Waals surface area contributed by atoms with Crippen LogP contribution in [0.5, 0.6) is 0 Å². The monoisotopic (exact) mass is 383 g/mol. The standard InChI is InChI=1S/C20H18ClN3O3/c1-11-4-12(20(25)24-7-13-9-26-10-14(13)8-24)6-23-18(11)17-5-16-19(27-17)15(21)2-3-22-16/h2-6,13-14H,7-10H2,1H3. The number of ether oxygens (including phenoxy) is 1. The van der Waals surface area contributed by atoms with Crippen LogP contribution in [0.15, 0.2) is 35.0 Å². The summed E-state index contributed by atoms with van der Waals surface area (Å²) in [4.78, 5) is 23.5. The van der Waals surface area contributed by atoms with E-state index in [1.807, 2.05) is 24.0 Å². The Kier molecular flexibility index (Phi) is 3.91. The number of aryl methyl sites for hydroxylation is 1. The largest absolute Gasteiger partial charge is 0.451 e. The number of hydrogen-bond acceptors (Lipinski definition) is 5. The molecule has 5 heterocycles. The summed E-state index contributed by atoms with van der Waals surface area (Å²) < 4.78 is 11.3. The van der Waals surface area contributed by atoms with E-state index in [0.29, 0.717) is 45.0 Å². The molecule has 5 rings (SSSR count). The summed E-state index contributed by atoms with van der Waals surface area (Å²) >= 11 is 6.16. The van der Waals surface area contributed by atoms with Gasteiger partial charge in [-0.25, -0.2) is 0 Å². The molecule has 1 amide bonds. The van der Waals surface area contributed by atoms with E-state index < -0.39 is 0 Å². The highest BCUT2D eigenvalue weighted by Gasteiger charge is 2.39. The smallest absolute Gasteiger partial charge is 0.255 e. The lowest BCUT2D eigenvalue weighted by molar-refractivity contribution is 0.0751. The molecule has 0 aromatic carbocycles. The predicted octanol–water partition coefficient (Wildman–Crippen LogP) is 3.57. The average molecular weight is 384 g/mol. The molecule has 0 radical (unpaired) electrons. The third-order valence-corrected chi connectivity index (χ3v) is 5.75. The second-order valence-corrected chi connectivity index (χ2v) is 7.68. The number of hydrogen-bond donors (Lipinski definition) is 0. The lowest BCUT2D eigenvalue weighted by Crippen LogP contribution is -2.30. The number of nitrogens with zero attached hydrogens (tertiary/aromatic N) is 3. The molecule has 138 valence electrons. The molecule has 0 aliphatic carbocycles. The number of halogens is 1. The third-order valence-electron chi connectivity index (χ3n) is 5.45. The van der Waals surface area contributed by atoms with Gasteiger partial charge < -0.3 is 14.1 Å². The van der Waals surface area contributed by atoms with Crippen molar-refractivity contribution in [3.05, 3.63) is 46.7 Å². The van der Waals surface area contributed by atoms with E-state index in [0.717, 1.165) is 31.9 Å². The molecule has 0 N–H and O–H groups in total. The molecular formula is C20H18ClN3O3. The van der Waals surface area contributed by atoms with E-state index in [2.05, 4.69) is 9.97 Å². The highest BCUT2D eigenvalue weighted by molar-refractivity contribution is 6.34. The lowest BCUT2D eigenvalue weighted by Gasteiger charge is -2.17. The van der Waals surface area contributed by atoms with Crippen LogP contribution >= 0.6 is 11.6 Å². The SMILES string of the molecule is Cc1cc(C(=O)N2CC3COCC3C2)cnc1-c1cc2nccc(Cl)c2o1. The quantitative estimate of drug-likeness (QED) is 0.676. The number of amides is 1. The molecule has 0 bridgehead atoms. The summed E-state index contributed by atoms with van der Waals surface area (Å²) in [6.07, 6.45) is 3.26. The van der Waals surface area contributed by atoms with Crippen LogP contribution in [0.3, 0.4) is 0 Å². The Morgan fingerprint density at radius 3 is 2.70 bits per heavy atom. The Hall–Kier alpha value is -2.44. The molecule has 7 heteroatoms. The summed E-state index contributed by atoms with van der Waals surface area (Å²) in [6, 6.07) is 5.38. The summed E-state index contributed by atoms with van der Waals surface area (Å²) in [5.41, 5.74) is 3.39. The Morgan fingerprint density at radius 2 is 2.00 bits per heavy atom. The van der Waals surface area contributed by atoms with Gasteiger partial charge >= 0.3 is 0 Å². The molecule has 2 unspecified atom stereocenters. The molecule has 2 saturated heterocycles. The van der Waals surface area contributed by atoms with Gasteiger partial charge in [0, 0.05) is 43.4 Å². The van der Waals surface area contributed by atoms with Crippen molar-refractivity contribution in [2.75, 3.05) is 26.3 Å². The van der Waals surface area contributed by atoms with E-state index in [-0.39, 0.29) is 5.91 Å². The summed E-state index contributed by atoms with van der Waals surface area (Å²) in [6.45, 7) is 4.96. The van der Waals surface area contributed by atoms with Gasteiger partial charge in [0.05, 0.1) is 23.8 Å². The van der Waals surface area contributed by atoms with Gasteiger partial charge in [-0.2, -0.15) is 0 Å². The van der Waals surface area contributed by atoms with Gasteiger partial charge in [-0.05, 0) is 24.6 Å². The Balaban J connectivity index is 1.43. The van der Waals surface area contributed by atoms with Crippen molar-refractivity contribution in [2.24, 2.45) is 11.8 Å². The van der Waals surface area contributed by atoms with Crippen LogP contribution in [-0.2, 0) is 4.74 Å². The van der Waals surface area contributed by atoms with Gasteiger partial charge in [0.25, 0.3) is 5.91 Å². The fourth-order valence-corrected chi connectivity index (χ4v) is 4.20. The molecule has 0 spiro atoms. The van der Waals surface area contributed by atoms with Crippen LogP contribution in [0.25, 0.3) is 22.6 Å². The van der Waals surface area contributed by atoms with Crippen LogP contribution in [0.2, 0.25) is 5.02 Å². The third kappa shape index (κ3) is 2.80. The van der Waals surface area contributed by atoms with E-state index >= 15 is 0 Å². The number of furan rings is 1. The van der Waals surface area contributed by atoms with Gasteiger partial charge in [-0.3, -0.25) is 14.8 Å². The van der Waals surface area contributed by atoms with Crippen molar-refractivity contribution in [3.63, 3.8) is 0 Å². The van der Waals surface area contributed by atoms with E-state index in [9.17, 15) is 4.79 Å². The maximum atomic E-state index is 12.9. The minimum atomic E-state index is 0.0286. The van der Waals surface area contributed by atoms with Crippen LogP contribution in [-0.4, -0.2) is 47.1 Å². The zero-order valence-corrected chi connectivity index (χ0v) is 15.6. The van der Waals surface area contributed by atoms with Crippen molar-refractivity contribution < 1.29 is 13.9 Å². The number of carbonyl (C=O) groups is 1. The maximum Gasteiger partial charge on any atom is 0.255 e. The van der Waals surface area contributed by atoms with Gasteiger partial charge in [0.15, 0.2) is 11.3 Å². The number of carbonyl (C=O) groups excluding carboxylic acids is 1. The lowest BCUT2D eigenvalue weighted by atomic mass is 10.0. The van der Waals surface area contributed by atoms with Crippen molar-refractivity contribution in [2.45, 2.75) is 6.92 Å². The van der Waals surface area contributed by atoms with Crippen molar-refractivity contribution >= 4 is 28.6 Å². The van der Waals surface area contributed by atoms with Crippen molar-refractivity contribution in [1.29, 1.82) is 0 Å². The van der Waals surface area contributed by atoms with Crippen LogP contribution in [0.1, 0.15) is 15.9 Å². The predicted molar refractivity (Wildman–Crippen MR) is 101 cm³/mol. The highest BCUT2D eigenvalue weighted by atomic mass is 35.5. The highest BCUT2D eigenvalue weighted by Crippen LogP contribution is 2.33. The van der Waals surface area contributed by atoms with E-state index in [4.69, 9.17) is 20.8 Å². The molecule has 2 aliphatic heterocycles. The molecule has 2 fully saturated rings. The number of aromatic nitrogens is 2. The second-order valence-electron chi connectivity index (χ2n) is 7.28. The van der Waals surface area contributed by atoms with E-state index in [1.165, 1.54) is 0 Å². The topological polar surface area (TPSA) is 68.5 Å². The first kappa shape index (κ1) is 16.7. The van der Waals surface area contributed by atoms with E-state index in [1.54, 1.807) is 18.5 Å². The minimum Gasteiger partial charge on any atom is -0.451 e. The summed E-state index contributed by atoms with van der Waals surface area (Å²) in [5, 5.41) is 0.513. The Bertz CT molecular complexity index is 1040. The normalized spacial score (nSPS) is 21.8. The van der Waals surface area contributed by atoms with Crippen LogP contribution < -0.4 is 0 Å². The molecule has 27 heavy (non-hydrogen) atoms. The van der Waals surface area contributed by atoms with Gasteiger partial charge in [0.2, 0.25) is 0 Å². The molecule has 6 nitrogen and oxygen atoms in total. The van der Waals surface area contributed by atoms with Gasteiger partial charge in [-0.1, -0.05) is 11.6 Å². The molecule has 3 aromatic heterocycles. The molecule has 2 aliphatic rings. The number of likely N-dealkylation sites (tertiary alicyclic amines) is 1. The first-order chi connectivity index (χ1) is 13.1. The molecule has 3 aromatic rings. The second kappa shape index (κ2) is 6.32. The zero-order chi connectivity index (χ0) is 18.5. The van der Waals surface area contributed by atoms with Gasteiger partial charge in [0.1, 0.15) is 11.2 Å². The van der Waals surface area contributed by atoms with Crippen LogP contribution in [0, 0.1) is 18.8 Å². The molecule has 2 atom stereocenters. The Morgan fingerprint density at radius 1 is 1.22 bits per heavy atom. The van der Waals surface area contributed by atoms with Gasteiger partial charge in [-0.15, -0.1) is 0 Å². The fourth-order valence-electron chi connectivity index (χ4n) is 4.01. The Labute approximate surface area is 161 Å². The van der Waals surface area contributed by atoms with Crippen molar-refractivity contribution in [3.8, 4) is 11.5 Å². The number of fused-ring (bicyclic) bond motifs is 2. The number of rotatable bonds is 2. The maximum absolute atomic E-state index is 12.9. The fraction of sp³-hybridized carbons (Fsp3) is 0.350. The van der Waals surface area contributed by atoms with Crippen LogP contribution in [0.4, 0.5) is 0 Å².